The van der Waals surface area contributed by atoms with Crippen molar-refractivity contribution in [1.29, 1.82) is 0 Å². The first kappa shape index (κ1) is 15.5. The van der Waals surface area contributed by atoms with Gasteiger partial charge in [0.1, 0.15) is 23.8 Å². The normalized spacial score (nSPS) is 11.0. The van der Waals surface area contributed by atoms with Crippen LogP contribution < -0.4 is 4.74 Å². The number of aromatic nitrogens is 3. The molecule has 0 spiro atoms. The van der Waals surface area contributed by atoms with E-state index in [2.05, 4.69) is 9.97 Å². The van der Waals surface area contributed by atoms with Crippen LogP contribution in [0.1, 0.15) is 0 Å². The summed E-state index contributed by atoms with van der Waals surface area (Å²) in [7, 11) is 3.30. The second kappa shape index (κ2) is 7.21. The molecule has 0 aliphatic rings. The Bertz CT molecular complexity index is 768. The number of fused-ring (bicyclic) bond motifs is 1. The number of ether oxygens (including phenoxy) is 3. The fraction of sp³-hybridized carbons (Fsp3) is 0.294. The van der Waals surface area contributed by atoms with Gasteiger partial charge < -0.3 is 14.2 Å². The van der Waals surface area contributed by atoms with Crippen molar-refractivity contribution in [3.8, 4) is 17.1 Å². The SMILES string of the molecule is COCCOCn1c(-c2ccc(OC)cc2)nc2cccnc21. The molecular formula is C17H19N3O3. The zero-order valence-electron chi connectivity index (χ0n) is 13.2. The molecule has 0 aliphatic carbocycles. The van der Waals surface area contributed by atoms with Gasteiger partial charge in [-0.1, -0.05) is 0 Å². The monoisotopic (exact) mass is 313 g/mol. The summed E-state index contributed by atoms with van der Waals surface area (Å²) in [6, 6.07) is 11.6. The smallest absolute Gasteiger partial charge is 0.162 e. The predicted octanol–water partition coefficient (Wildman–Crippen LogP) is 2.73. The Morgan fingerprint density at radius 2 is 1.87 bits per heavy atom. The lowest BCUT2D eigenvalue weighted by Gasteiger charge is -2.10. The van der Waals surface area contributed by atoms with Gasteiger partial charge in [0.2, 0.25) is 0 Å². The quantitative estimate of drug-likeness (QED) is 0.628. The first-order chi connectivity index (χ1) is 11.3. The van der Waals surface area contributed by atoms with Gasteiger partial charge in [-0.2, -0.15) is 0 Å². The van der Waals surface area contributed by atoms with Gasteiger partial charge >= 0.3 is 0 Å². The van der Waals surface area contributed by atoms with Gasteiger partial charge in [0, 0.05) is 18.9 Å². The first-order valence-corrected chi connectivity index (χ1v) is 7.36. The molecule has 0 atom stereocenters. The van der Waals surface area contributed by atoms with Crippen LogP contribution in [0.2, 0.25) is 0 Å². The third kappa shape index (κ3) is 3.33. The first-order valence-electron chi connectivity index (χ1n) is 7.36. The number of hydrogen-bond donors (Lipinski definition) is 0. The molecule has 3 rings (SSSR count). The molecule has 2 aromatic heterocycles. The summed E-state index contributed by atoms with van der Waals surface area (Å²) in [5, 5.41) is 0. The topological polar surface area (TPSA) is 58.4 Å². The summed E-state index contributed by atoms with van der Waals surface area (Å²) in [4.78, 5) is 9.11. The Labute approximate surface area is 134 Å². The van der Waals surface area contributed by atoms with E-state index in [-0.39, 0.29) is 0 Å². The Kier molecular flexibility index (Phi) is 4.85. The fourth-order valence-corrected chi connectivity index (χ4v) is 2.34. The second-order valence-corrected chi connectivity index (χ2v) is 4.97. The molecule has 0 saturated carbocycles. The Hall–Kier alpha value is -2.44. The van der Waals surface area contributed by atoms with Crippen molar-refractivity contribution in [2.75, 3.05) is 27.4 Å². The number of hydrogen-bond acceptors (Lipinski definition) is 5. The highest BCUT2D eigenvalue weighted by molar-refractivity contribution is 5.77. The van der Waals surface area contributed by atoms with Crippen molar-refractivity contribution in [3.05, 3.63) is 42.6 Å². The number of methoxy groups -OCH3 is 2. The van der Waals surface area contributed by atoms with Crippen molar-refractivity contribution in [3.63, 3.8) is 0 Å². The van der Waals surface area contributed by atoms with Crippen LogP contribution in [-0.4, -0.2) is 42.0 Å². The molecule has 1 aromatic carbocycles. The van der Waals surface area contributed by atoms with Crippen LogP contribution in [0.4, 0.5) is 0 Å². The maximum atomic E-state index is 5.67. The van der Waals surface area contributed by atoms with E-state index >= 15 is 0 Å². The zero-order valence-corrected chi connectivity index (χ0v) is 13.2. The third-order valence-corrected chi connectivity index (χ3v) is 3.50. The summed E-state index contributed by atoms with van der Waals surface area (Å²) < 4.78 is 17.8. The molecule has 0 unspecified atom stereocenters. The van der Waals surface area contributed by atoms with Crippen LogP contribution in [0, 0.1) is 0 Å². The number of nitrogens with zero attached hydrogens (tertiary/aromatic N) is 3. The van der Waals surface area contributed by atoms with E-state index in [1.54, 1.807) is 20.4 Å². The third-order valence-electron chi connectivity index (χ3n) is 3.50. The van der Waals surface area contributed by atoms with Gasteiger partial charge in [-0.05, 0) is 36.4 Å². The minimum Gasteiger partial charge on any atom is -0.497 e. The highest BCUT2D eigenvalue weighted by Crippen LogP contribution is 2.25. The lowest BCUT2D eigenvalue weighted by molar-refractivity contribution is 0.0363. The number of pyridine rings is 1. The van der Waals surface area contributed by atoms with Crippen molar-refractivity contribution in [2.45, 2.75) is 6.73 Å². The van der Waals surface area contributed by atoms with E-state index in [4.69, 9.17) is 14.2 Å². The maximum absolute atomic E-state index is 5.67. The number of benzene rings is 1. The molecule has 23 heavy (non-hydrogen) atoms. The van der Waals surface area contributed by atoms with E-state index in [0.717, 1.165) is 28.3 Å². The molecule has 0 saturated heterocycles. The van der Waals surface area contributed by atoms with E-state index in [1.165, 1.54) is 0 Å². The van der Waals surface area contributed by atoms with Crippen LogP contribution in [0.3, 0.4) is 0 Å². The molecule has 6 nitrogen and oxygen atoms in total. The van der Waals surface area contributed by atoms with Crippen LogP contribution in [0.25, 0.3) is 22.6 Å². The highest BCUT2D eigenvalue weighted by atomic mass is 16.5. The van der Waals surface area contributed by atoms with Gasteiger partial charge in [0.25, 0.3) is 0 Å². The zero-order chi connectivity index (χ0) is 16.1. The minimum atomic E-state index is 0.373. The molecule has 0 bridgehead atoms. The van der Waals surface area contributed by atoms with Gasteiger partial charge in [-0.3, -0.25) is 4.57 Å². The van der Waals surface area contributed by atoms with Gasteiger partial charge in [-0.15, -0.1) is 0 Å². The summed E-state index contributed by atoms with van der Waals surface area (Å²) >= 11 is 0. The van der Waals surface area contributed by atoms with Gasteiger partial charge in [0.05, 0.1) is 20.3 Å². The predicted molar refractivity (Wildman–Crippen MR) is 87.3 cm³/mol. The Morgan fingerprint density at radius 1 is 1.04 bits per heavy atom. The van der Waals surface area contributed by atoms with E-state index < -0.39 is 0 Å². The fourth-order valence-electron chi connectivity index (χ4n) is 2.34. The van der Waals surface area contributed by atoms with Crippen molar-refractivity contribution in [1.82, 2.24) is 14.5 Å². The molecule has 6 heteroatoms. The Balaban J connectivity index is 1.96. The van der Waals surface area contributed by atoms with Crippen molar-refractivity contribution >= 4 is 11.2 Å². The maximum Gasteiger partial charge on any atom is 0.162 e. The summed E-state index contributed by atoms with van der Waals surface area (Å²) in [5.41, 5.74) is 2.63. The molecular weight excluding hydrogens is 294 g/mol. The van der Waals surface area contributed by atoms with Gasteiger partial charge in [-0.25, -0.2) is 9.97 Å². The molecule has 0 amide bonds. The van der Waals surface area contributed by atoms with E-state index in [9.17, 15) is 0 Å². The molecule has 0 fully saturated rings. The average Bonchev–Trinajstić information content (AvgIpc) is 2.97. The standard InChI is InChI=1S/C17H19N3O3/c1-21-10-11-23-12-20-16(13-5-7-14(22-2)8-6-13)19-15-4-3-9-18-17(15)20/h3-9H,10-12H2,1-2H3. The van der Waals surface area contributed by atoms with Crippen LogP contribution in [0.15, 0.2) is 42.6 Å². The van der Waals surface area contributed by atoms with Crippen LogP contribution >= 0.6 is 0 Å². The molecule has 3 aromatic rings. The minimum absolute atomic E-state index is 0.373. The van der Waals surface area contributed by atoms with Crippen LogP contribution in [-0.2, 0) is 16.2 Å². The summed E-state index contributed by atoms with van der Waals surface area (Å²) in [6.07, 6.45) is 1.76. The highest BCUT2D eigenvalue weighted by Gasteiger charge is 2.13. The molecule has 2 heterocycles. The Morgan fingerprint density at radius 3 is 2.61 bits per heavy atom. The number of rotatable bonds is 7. The molecule has 0 N–H and O–H groups in total. The lowest BCUT2D eigenvalue weighted by Crippen LogP contribution is -2.09. The van der Waals surface area contributed by atoms with E-state index in [0.29, 0.717) is 19.9 Å². The van der Waals surface area contributed by atoms with Crippen molar-refractivity contribution in [2.24, 2.45) is 0 Å². The number of imidazole rings is 1. The largest absolute Gasteiger partial charge is 0.497 e. The van der Waals surface area contributed by atoms with Gasteiger partial charge in [0.15, 0.2) is 5.65 Å². The average molecular weight is 313 g/mol. The van der Waals surface area contributed by atoms with Crippen LogP contribution in [0.5, 0.6) is 5.75 Å². The molecule has 0 aliphatic heterocycles. The molecule has 0 radical (unpaired) electrons. The lowest BCUT2D eigenvalue weighted by atomic mass is 10.2. The second-order valence-electron chi connectivity index (χ2n) is 4.97. The van der Waals surface area contributed by atoms with Crippen molar-refractivity contribution < 1.29 is 14.2 Å². The summed E-state index contributed by atoms with van der Waals surface area (Å²) in [5.74, 6) is 1.63. The van der Waals surface area contributed by atoms with E-state index in [1.807, 2.05) is 41.0 Å². The summed E-state index contributed by atoms with van der Waals surface area (Å²) in [6.45, 7) is 1.45. The molecule has 120 valence electrons.